The van der Waals surface area contributed by atoms with E-state index in [-0.39, 0.29) is 18.7 Å². The Kier molecular flexibility index (Phi) is 4.90. The topological polar surface area (TPSA) is 91.4 Å². The lowest BCUT2D eigenvalue weighted by Gasteiger charge is -2.10. The number of fused-ring (bicyclic) bond motifs is 2. The van der Waals surface area contributed by atoms with E-state index in [1.54, 1.807) is 43.3 Å². The van der Waals surface area contributed by atoms with Crippen LogP contribution in [0, 0.1) is 6.92 Å². The number of hydrogen-bond donors (Lipinski definition) is 0. The number of aryl methyl sites for hydroxylation is 1. The Bertz CT molecular complexity index is 1370. The number of esters is 1. The second-order valence-corrected chi connectivity index (χ2v) is 6.95. The lowest BCUT2D eigenvalue weighted by molar-refractivity contribution is -0.145. The summed E-state index contributed by atoms with van der Waals surface area (Å²) < 4.78 is 11.7. The van der Waals surface area contributed by atoms with Crippen molar-refractivity contribution in [2.24, 2.45) is 0 Å². The van der Waals surface area contributed by atoms with E-state index in [0.717, 1.165) is 5.56 Å². The molecule has 0 fully saturated rings. The summed E-state index contributed by atoms with van der Waals surface area (Å²) >= 11 is 6.16. The maximum atomic E-state index is 12.5. The molecule has 0 aliphatic carbocycles. The highest BCUT2D eigenvalue weighted by Crippen LogP contribution is 2.25. The number of ether oxygens (including phenoxy) is 1. The SMILES string of the molecule is Cc1cc2oc(=O)cc(COC(=O)Cn3cnc4ccccc4c3=O)c2cc1Cl. The molecule has 4 rings (SSSR count). The smallest absolute Gasteiger partial charge is 0.336 e. The number of halogens is 1. The summed E-state index contributed by atoms with van der Waals surface area (Å²) in [5.41, 5.74) is 1.26. The van der Waals surface area contributed by atoms with Gasteiger partial charge in [-0.05, 0) is 36.8 Å². The van der Waals surface area contributed by atoms with E-state index < -0.39 is 11.6 Å². The Morgan fingerprint density at radius 3 is 2.79 bits per heavy atom. The van der Waals surface area contributed by atoms with Gasteiger partial charge in [0.1, 0.15) is 18.7 Å². The Morgan fingerprint density at radius 2 is 1.97 bits per heavy atom. The molecule has 0 saturated carbocycles. The molecular formula is C21H15ClN2O5. The second kappa shape index (κ2) is 7.52. The van der Waals surface area contributed by atoms with Crippen molar-refractivity contribution in [3.8, 4) is 0 Å². The van der Waals surface area contributed by atoms with E-state index in [1.165, 1.54) is 17.0 Å². The third-order valence-electron chi connectivity index (χ3n) is 4.53. The van der Waals surface area contributed by atoms with Crippen molar-refractivity contribution >= 4 is 39.4 Å². The van der Waals surface area contributed by atoms with Gasteiger partial charge in [-0.15, -0.1) is 0 Å². The summed E-state index contributed by atoms with van der Waals surface area (Å²) in [5, 5.41) is 1.50. The van der Waals surface area contributed by atoms with E-state index in [1.807, 2.05) is 0 Å². The van der Waals surface area contributed by atoms with Crippen molar-refractivity contribution in [1.29, 1.82) is 0 Å². The van der Waals surface area contributed by atoms with Gasteiger partial charge in [0.25, 0.3) is 5.56 Å². The fourth-order valence-electron chi connectivity index (χ4n) is 3.03. The molecule has 0 bridgehead atoms. The Labute approximate surface area is 169 Å². The van der Waals surface area contributed by atoms with Crippen LogP contribution in [0.4, 0.5) is 0 Å². The van der Waals surface area contributed by atoms with Gasteiger partial charge in [-0.25, -0.2) is 9.78 Å². The lowest BCUT2D eigenvalue weighted by Crippen LogP contribution is -2.25. The van der Waals surface area contributed by atoms with Crippen LogP contribution in [0.3, 0.4) is 0 Å². The predicted molar refractivity (Wildman–Crippen MR) is 108 cm³/mol. The van der Waals surface area contributed by atoms with Crippen LogP contribution < -0.4 is 11.2 Å². The van der Waals surface area contributed by atoms with E-state index in [0.29, 0.717) is 32.5 Å². The van der Waals surface area contributed by atoms with Gasteiger partial charge in [-0.2, -0.15) is 0 Å². The monoisotopic (exact) mass is 410 g/mol. The van der Waals surface area contributed by atoms with E-state index in [2.05, 4.69) is 4.98 Å². The van der Waals surface area contributed by atoms with Gasteiger partial charge < -0.3 is 9.15 Å². The van der Waals surface area contributed by atoms with Gasteiger partial charge in [0, 0.05) is 22.0 Å². The molecule has 0 unspecified atom stereocenters. The molecule has 4 aromatic rings. The fourth-order valence-corrected chi connectivity index (χ4v) is 3.19. The number of hydrogen-bond acceptors (Lipinski definition) is 6. The van der Waals surface area contributed by atoms with Crippen molar-refractivity contribution in [3.05, 3.63) is 85.7 Å². The zero-order chi connectivity index (χ0) is 20.5. The zero-order valence-electron chi connectivity index (χ0n) is 15.3. The molecule has 0 aliphatic heterocycles. The maximum Gasteiger partial charge on any atom is 0.336 e. The summed E-state index contributed by atoms with van der Waals surface area (Å²) in [6.45, 7) is 1.34. The van der Waals surface area contributed by atoms with E-state index in [4.69, 9.17) is 20.8 Å². The molecule has 0 spiro atoms. The van der Waals surface area contributed by atoms with Gasteiger partial charge in [0.2, 0.25) is 0 Å². The molecule has 7 nitrogen and oxygen atoms in total. The minimum absolute atomic E-state index is 0.157. The third-order valence-corrected chi connectivity index (χ3v) is 4.94. The van der Waals surface area contributed by atoms with Gasteiger partial charge in [-0.3, -0.25) is 14.2 Å². The van der Waals surface area contributed by atoms with Crippen LogP contribution in [0.25, 0.3) is 21.9 Å². The minimum atomic E-state index is -0.635. The maximum absolute atomic E-state index is 12.5. The summed E-state index contributed by atoms with van der Waals surface area (Å²) in [6, 6.07) is 11.5. The van der Waals surface area contributed by atoms with Crippen molar-refractivity contribution in [2.45, 2.75) is 20.1 Å². The Morgan fingerprint density at radius 1 is 1.17 bits per heavy atom. The molecule has 2 aromatic carbocycles. The quantitative estimate of drug-likeness (QED) is 0.379. The molecule has 0 radical (unpaired) electrons. The average Bonchev–Trinajstić information content (AvgIpc) is 2.70. The van der Waals surface area contributed by atoms with E-state index in [9.17, 15) is 14.4 Å². The zero-order valence-corrected chi connectivity index (χ0v) is 16.1. The molecule has 0 atom stereocenters. The molecular weight excluding hydrogens is 396 g/mol. The van der Waals surface area contributed by atoms with Crippen LogP contribution >= 0.6 is 11.6 Å². The molecule has 0 amide bonds. The first-order valence-corrected chi connectivity index (χ1v) is 9.13. The van der Waals surface area contributed by atoms with Crippen LogP contribution in [0.2, 0.25) is 5.02 Å². The van der Waals surface area contributed by atoms with Crippen LogP contribution in [0.1, 0.15) is 11.1 Å². The van der Waals surface area contributed by atoms with Crippen molar-refractivity contribution < 1.29 is 13.9 Å². The van der Waals surface area contributed by atoms with Gasteiger partial charge in [0.15, 0.2) is 0 Å². The van der Waals surface area contributed by atoms with Crippen molar-refractivity contribution in [3.63, 3.8) is 0 Å². The number of para-hydroxylation sites is 1. The van der Waals surface area contributed by atoms with Crippen LogP contribution in [-0.4, -0.2) is 15.5 Å². The highest BCUT2D eigenvalue weighted by atomic mass is 35.5. The highest BCUT2D eigenvalue weighted by Gasteiger charge is 2.13. The minimum Gasteiger partial charge on any atom is -0.459 e. The first-order chi connectivity index (χ1) is 13.9. The molecule has 0 aliphatic rings. The van der Waals surface area contributed by atoms with E-state index >= 15 is 0 Å². The van der Waals surface area contributed by atoms with Crippen LogP contribution in [0.15, 0.2) is 62.8 Å². The molecule has 146 valence electrons. The van der Waals surface area contributed by atoms with Gasteiger partial charge in [-0.1, -0.05) is 23.7 Å². The molecule has 29 heavy (non-hydrogen) atoms. The van der Waals surface area contributed by atoms with Crippen LogP contribution in [-0.2, 0) is 22.7 Å². The van der Waals surface area contributed by atoms with Crippen LogP contribution in [0.5, 0.6) is 0 Å². The Balaban J connectivity index is 1.56. The first-order valence-electron chi connectivity index (χ1n) is 8.75. The average molecular weight is 411 g/mol. The number of rotatable bonds is 4. The highest BCUT2D eigenvalue weighted by molar-refractivity contribution is 6.32. The number of nitrogens with zero attached hydrogens (tertiary/aromatic N) is 2. The number of carbonyl (C=O) groups is 1. The number of aromatic nitrogens is 2. The first kappa shape index (κ1) is 18.9. The molecule has 8 heteroatoms. The van der Waals surface area contributed by atoms with Crippen molar-refractivity contribution in [2.75, 3.05) is 0 Å². The predicted octanol–water partition coefficient (Wildman–Crippen LogP) is 3.21. The molecule has 0 N–H and O–H groups in total. The standard InChI is InChI=1S/C21H15ClN2O5/c1-12-6-18-15(8-16(12)22)13(7-19(25)29-18)10-28-20(26)9-24-11-23-17-5-3-2-4-14(17)21(24)27/h2-8,11H,9-10H2,1H3. The van der Waals surface area contributed by atoms with Crippen molar-refractivity contribution in [1.82, 2.24) is 9.55 Å². The number of carbonyl (C=O) groups excluding carboxylic acids is 1. The summed E-state index contributed by atoms with van der Waals surface area (Å²) in [6.07, 6.45) is 1.31. The summed E-state index contributed by atoms with van der Waals surface area (Å²) in [5.74, 6) is -0.635. The van der Waals surface area contributed by atoms with Gasteiger partial charge >= 0.3 is 11.6 Å². The number of benzene rings is 2. The third kappa shape index (κ3) is 3.77. The molecule has 2 aromatic heterocycles. The molecule has 0 saturated heterocycles. The van der Waals surface area contributed by atoms with Gasteiger partial charge in [0.05, 0.1) is 17.2 Å². The second-order valence-electron chi connectivity index (χ2n) is 6.54. The lowest BCUT2D eigenvalue weighted by atomic mass is 10.1. The largest absolute Gasteiger partial charge is 0.459 e. The fraction of sp³-hybridized carbons (Fsp3) is 0.143. The molecule has 2 heterocycles. The normalized spacial score (nSPS) is 11.1. The Hall–Kier alpha value is -3.45. The summed E-state index contributed by atoms with van der Waals surface area (Å²) in [4.78, 5) is 40.7. The summed E-state index contributed by atoms with van der Waals surface area (Å²) in [7, 11) is 0.